The zero-order valence-electron chi connectivity index (χ0n) is 16.5. The van der Waals surface area contributed by atoms with E-state index >= 15 is 0 Å². The number of benzene rings is 2. The highest BCUT2D eigenvalue weighted by Crippen LogP contribution is 2.22. The molecule has 8 nitrogen and oxygen atoms in total. The van der Waals surface area contributed by atoms with Gasteiger partial charge < -0.3 is 5.32 Å². The number of nitrogens with zero attached hydrogens (tertiary/aromatic N) is 3. The Labute approximate surface area is 187 Å². The second kappa shape index (κ2) is 8.48. The van der Waals surface area contributed by atoms with Gasteiger partial charge in [0.2, 0.25) is 0 Å². The van der Waals surface area contributed by atoms with E-state index in [1.807, 2.05) is 0 Å². The van der Waals surface area contributed by atoms with Crippen LogP contribution in [0.3, 0.4) is 0 Å². The number of halogens is 2. The maximum atomic E-state index is 13.7. The Morgan fingerprint density at radius 2 is 1.75 bits per heavy atom. The Bertz CT molecular complexity index is 1430. The summed E-state index contributed by atoms with van der Waals surface area (Å²) < 4.78 is 41.0. The van der Waals surface area contributed by atoms with Crippen LogP contribution in [0.5, 0.6) is 0 Å². The molecule has 0 atom stereocenters. The summed E-state index contributed by atoms with van der Waals surface area (Å²) in [7, 11) is -3.92. The van der Waals surface area contributed by atoms with Gasteiger partial charge in [0.25, 0.3) is 15.9 Å². The fourth-order valence-corrected chi connectivity index (χ4v) is 4.10. The molecule has 4 aromatic rings. The molecule has 0 spiro atoms. The van der Waals surface area contributed by atoms with Gasteiger partial charge >= 0.3 is 0 Å². The van der Waals surface area contributed by atoms with E-state index < -0.39 is 21.7 Å². The molecular weight excluding hydrogens is 457 g/mol. The van der Waals surface area contributed by atoms with Crippen molar-refractivity contribution in [1.29, 1.82) is 0 Å². The lowest BCUT2D eigenvalue weighted by Gasteiger charge is -2.11. The number of amides is 1. The number of nitrogens with one attached hydrogen (secondary N) is 2. The summed E-state index contributed by atoms with van der Waals surface area (Å²) in [6, 6.07) is 13.9. The van der Waals surface area contributed by atoms with Crippen molar-refractivity contribution in [3.8, 4) is 0 Å². The van der Waals surface area contributed by atoms with Gasteiger partial charge in [-0.3, -0.25) is 14.5 Å². The van der Waals surface area contributed by atoms with Gasteiger partial charge in [0.05, 0.1) is 16.0 Å². The average Bonchev–Trinajstić information content (AvgIpc) is 2.75. The molecule has 1 amide bonds. The van der Waals surface area contributed by atoms with Crippen LogP contribution in [0.4, 0.5) is 15.9 Å². The van der Waals surface area contributed by atoms with Gasteiger partial charge in [-0.1, -0.05) is 11.6 Å². The van der Waals surface area contributed by atoms with Crippen LogP contribution >= 0.6 is 11.6 Å². The predicted molar refractivity (Wildman–Crippen MR) is 119 cm³/mol. The maximum absolute atomic E-state index is 13.7. The number of sulfonamides is 1. The minimum atomic E-state index is -3.92. The van der Waals surface area contributed by atoms with E-state index in [-0.39, 0.29) is 21.4 Å². The summed E-state index contributed by atoms with van der Waals surface area (Å²) in [4.78, 5) is 17.1. The van der Waals surface area contributed by atoms with Crippen molar-refractivity contribution in [3.05, 3.63) is 82.9 Å². The number of pyridine rings is 1. The number of fused-ring (bicyclic) bond motifs is 1. The molecule has 0 aliphatic heterocycles. The molecule has 162 valence electrons. The number of hydrogen-bond donors (Lipinski definition) is 2. The van der Waals surface area contributed by atoms with Crippen LogP contribution in [-0.4, -0.2) is 29.5 Å². The third kappa shape index (κ3) is 4.66. The summed E-state index contributed by atoms with van der Waals surface area (Å²) >= 11 is 5.64. The van der Waals surface area contributed by atoms with Gasteiger partial charge in [0.1, 0.15) is 5.82 Å². The fraction of sp³-hybridized carbons (Fsp3) is 0.0476. The average molecular weight is 472 g/mol. The Balaban J connectivity index is 1.55. The lowest BCUT2D eigenvalue weighted by molar-refractivity contribution is 0.102. The molecule has 0 saturated carbocycles. The quantitative estimate of drug-likeness (QED) is 0.451. The predicted octanol–water partition coefficient (Wildman–Crippen LogP) is 4.18. The van der Waals surface area contributed by atoms with Crippen LogP contribution in [0.25, 0.3) is 10.9 Å². The van der Waals surface area contributed by atoms with E-state index in [1.165, 1.54) is 54.6 Å². The fourth-order valence-electron chi connectivity index (χ4n) is 3.00. The zero-order valence-corrected chi connectivity index (χ0v) is 18.1. The number of aryl methyl sites for hydroxylation is 1. The first-order valence-corrected chi connectivity index (χ1v) is 11.1. The van der Waals surface area contributed by atoms with E-state index in [0.29, 0.717) is 22.3 Å². The zero-order chi connectivity index (χ0) is 22.9. The van der Waals surface area contributed by atoms with Crippen molar-refractivity contribution in [1.82, 2.24) is 15.2 Å². The van der Waals surface area contributed by atoms with Gasteiger partial charge in [-0.25, -0.2) is 12.8 Å². The van der Waals surface area contributed by atoms with Crippen LogP contribution in [0.15, 0.2) is 65.6 Å². The number of anilines is 2. The minimum Gasteiger partial charge on any atom is -0.322 e. The normalized spacial score (nSPS) is 11.3. The molecule has 2 heterocycles. The molecule has 2 N–H and O–H groups in total. The van der Waals surface area contributed by atoms with Crippen molar-refractivity contribution < 1.29 is 17.6 Å². The number of carbonyl (C=O) groups is 1. The molecule has 32 heavy (non-hydrogen) atoms. The highest BCUT2D eigenvalue weighted by atomic mass is 35.5. The van der Waals surface area contributed by atoms with Crippen LogP contribution < -0.4 is 10.0 Å². The van der Waals surface area contributed by atoms with E-state index in [1.54, 1.807) is 13.0 Å². The van der Waals surface area contributed by atoms with Gasteiger partial charge in [0, 0.05) is 16.8 Å². The van der Waals surface area contributed by atoms with Crippen LogP contribution in [-0.2, 0) is 10.0 Å². The lowest BCUT2D eigenvalue weighted by Crippen LogP contribution is -2.15. The van der Waals surface area contributed by atoms with E-state index in [2.05, 4.69) is 25.2 Å². The van der Waals surface area contributed by atoms with Gasteiger partial charge in [-0.15, -0.1) is 10.2 Å². The molecule has 4 rings (SSSR count). The Morgan fingerprint density at radius 3 is 2.44 bits per heavy atom. The Kier molecular flexibility index (Phi) is 5.72. The smallest absolute Gasteiger partial charge is 0.263 e. The number of rotatable bonds is 5. The molecule has 2 aromatic carbocycles. The second-order valence-electron chi connectivity index (χ2n) is 6.80. The van der Waals surface area contributed by atoms with Crippen molar-refractivity contribution >= 4 is 49.9 Å². The highest BCUT2D eigenvalue weighted by Gasteiger charge is 2.17. The molecule has 11 heteroatoms. The number of hydrogen-bond acceptors (Lipinski definition) is 6. The summed E-state index contributed by atoms with van der Waals surface area (Å²) in [6.45, 7) is 1.73. The molecule has 0 aliphatic rings. The molecule has 2 aromatic heterocycles. The Morgan fingerprint density at radius 1 is 1.00 bits per heavy atom. The third-order valence-corrected chi connectivity index (χ3v) is 6.01. The molecule has 0 saturated heterocycles. The third-order valence-electron chi connectivity index (χ3n) is 4.44. The first-order valence-electron chi connectivity index (χ1n) is 9.22. The molecule has 0 bridgehead atoms. The van der Waals surface area contributed by atoms with Crippen molar-refractivity contribution in [2.24, 2.45) is 0 Å². The molecule has 0 aliphatic carbocycles. The minimum absolute atomic E-state index is 0.0129. The summed E-state index contributed by atoms with van der Waals surface area (Å²) in [5, 5.41) is 10.4. The van der Waals surface area contributed by atoms with Gasteiger partial charge in [-0.2, -0.15) is 0 Å². The van der Waals surface area contributed by atoms with Crippen molar-refractivity contribution in [3.63, 3.8) is 0 Å². The van der Waals surface area contributed by atoms with Crippen LogP contribution in [0.2, 0.25) is 5.15 Å². The first-order chi connectivity index (χ1) is 15.2. The maximum Gasteiger partial charge on any atom is 0.263 e. The monoisotopic (exact) mass is 471 g/mol. The van der Waals surface area contributed by atoms with Crippen LogP contribution in [0.1, 0.15) is 16.1 Å². The summed E-state index contributed by atoms with van der Waals surface area (Å²) in [6.07, 6.45) is 0. The molecule has 0 unspecified atom stereocenters. The number of aromatic nitrogens is 3. The second-order valence-corrected chi connectivity index (χ2v) is 8.87. The Hall–Kier alpha value is -3.63. The SMILES string of the molecule is Cc1cc(C(=O)Nc2ccc(S(=O)(=O)Nc3ccc(Cl)nn3)cc2)c2cc(F)ccc2n1. The first kappa shape index (κ1) is 21.6. The summed E-state index contributed by atoms with van der Waals surface area (Å²) in [5.41, 5.74) is 1.72. The largest absolute Gasteiger partial charge is 0.322 e. The van der Waals surface area contributed by atoms with E-state index in [4.69, 9.17) is 11.6 Å². The molecule has 0 fully saturated rings. The van der Waals surface area contributed by atoms with Gasteiger partial charge in [0.15, 0.2) is 11.0 Å². The van der Waals surface area contributed by atoms with Crippen molar-refractivity contribution in [2.45, 2.75) is 11.8 Å². The topological polar surface area (TPSA) is 114 Å². The van der Waals surface area contributed by atoms with Crippen molar-refractivity contribution in [2.75, 3.05) is 10.0 Å². The highest BCUT2D eigenvalue weighted by molar-refractivity contribution is 7.92. The van der Waals surface area contributed by atoms with Crippen LogP contribution in [0, 0.1) is 12.7 Å². The van der Waals surface area contributed by atoms with Gasteiger partial charge in [-0.05, 0) is 67.6 Å². The lowest BCUT2D eigenvalue weighted by atomic mass is 10.1. The molecule has 0 radical (unpaired) electrons. The summed E-state index contributed by atoms with van der Waals surface area (Å²) in [5.74, 6) is -0.945. The standard InChI is InChI=1S/C21H15ClFN5O3S/c1-12-10-17(16-11-13(23)2-7-18(16)24-12)21(29)25-14-3-5-15(6-4-14)32(30,31)28-20-9-8-19(22)26-27-20/h2-11H,1H3,(H,25,29)(H,27,28). The van der Waals surface area contributed by atoms with E-state index in [9.17, 15) is 17.6 Å². The van der Waals surface area contributed by atoms with E-state index in [0.717, 1.165) is 0 Å². The number of carbonyl (C=O) groups excluding carboxylic acids is 1. The molecular formula is C21H15ClFN5O3S.